The van der Waals surface area contributed by atoms with E-state index in [9.17, 15) is 0 Å². The predicted octanol–water partition coefficient (Wildman–Crippen LogP) is 1.88. The Morgan fingerprint density at radius 2 is 1.94 bits per heavy atom. The summed E-state index contributed by atoms with van der Waals surface area (Å²) in [5.74, 6) is 0. The standard InChI is InChI=1S/C13H28N2O/c1-5-8-15-9-6-12(7-10-15)14-11-13(2,3)16-4/h12,14H,5-11H2,1-4H3. The van der Waals surface area contributed by atoms with Crippen LogP contribution in [0.15, 0.2) is 0 Å². The lowest BCUT2D eigenvalue weighted by atomic mass is 10.0. The van der Waals surface area contributed by atoms with Gasteiger partial charge in [-0.1, -0.05) is 6.92 Å². The minimum Gasteiger partial charge on any atom is -0.377 e. The molecule has 1 aliphatic rings. The van der Waals surface area contributed by atoms with Gasteiger partial charge in [0.15, 0.2) is 0 Å². The third-order valence-electron chi connectivity index (χ3n) is 3.50. The second-order valence-corrected chi connectivity index (χ2v) is 5.46. The molecule has 0 unspecified atom stereocenters. The zero-order chi connectivity index (χ0) is 12.0. The Bertz CT molecular complexity index is 186. The number of likely N-dealkylation sites (tertiary alicyclic amines) is 1. The summed E-state index contributed by atoms with van der Waals surface area (Å²) in [5, 5.41) is 3.62. The number of nitrogens with zero attached hydrogens (tertiary/aromatic N) is 1. The van der Waals surface area contributed by atoms with Gasteiger partial charge in [0.05, 0.1) is 5.60 Å². The summed E-state index contributed by atoms with van der Waals surface area (Å²) in [6.45, 7) is 11.2. The molecule has 0 radical (unpaired) electrons. The molecule has 0 aromatic rings. The fourth-order valence-electron chi connectivity index (χ4n) is 2.14. The fraction of sp³-hybridized carbons (Fsp3) is 1.00. The molecule has 1 heterocycles. The van der Waals surface area contributed by atoms with E-state index in [-0.39, 0.29) is 5.60 Å². The molecule has 1 fully saturated rings. The number of hydrogen-bond donors (Lipinski definition) is 1. The first-order valence-corrected chi connectivity index (χ1v) is 6.58. The maximum absolute atomic E-state index is 5.42. The number of piperidine rings is 1. The molecule has 1 N–H and O–H groups in total. The highest BCUT2D eigenvalue weighted by molar-refractivity contribution is 4.80. The van der Waals surface area contributed by atoms with Crippen LogP contribution in [-0.2, 0) is 4.74 Å². The van der Waals surface area contributed by atoms with Gasteiger partial charge in [-0.3, -0.25) is 0 Å². The molecular formula is C13H28N2O. The summed E-state index contributed by atoms with van der Waals surface area (Å²) in [6, 6.07) is 0.683. The average molecular weight is 228 g/mol. The molecule has 0 aromatic heterocycles. The highest BCUT2D eigenvalue weighted by Gasteiger charge is 2.21. The molecular weight excluding hydrogens is 200 g/mol. The van der Waals surface area contributed by atoms with E-state index in [1.54, 1.807) is 7.11 Å². The summed E-state index contributed by atoms with van der Waals surface area (Å²) >= 11 is 0. The summed E-state index contributed by atoms with van der Waals surface area (Å²) in [6.07, 6.45) is 3.83. The van der Waals surface area contributed by atoms with Crippen molar-refractivity contribution in [1.29, 1.82) is 0 Å². The zero-order valence-electron chi connectivity index (χ0n) is 11.4. The Morgan fingerprint density at radius 1 is 1.31 bits per heavy atom. The Balaban J connectivity index is 2.17. The molecule has 0 atom stereocenters. The first kappa shape index (κ1) is 13.9. The maximum atomic E-state index is 5.42. The lowest BCUT2D eigenvalue weighted by Gasteiger charge is -2.34. The van der Waals surface area contributed by atoms with Crippen molar-refractivity contribution in [3.05, 3.63) is 0 Å². The molecule has 96 valence electrons. The van der Waals surface area contributed by atoms with Gasteiger partial charge in [-0.05, 0) is 52.7 Å². The van der Waals surface area contributed by atoms with Gasteiger partial charge in [-0.25, -0.2) is 0 Å². The van der Waals surface area contributed by atoms with E-state index in [1.165, 1.54) is 38.9 Å². The third kappa shape index (κ3) is 4.81. The second kappa shape index (κ2) is 6.58. The molecule has 0 amide bonds. The smallest absolute Gasteiger partial charge is 0.0746 e. The van der Waals surface area contributed by atoms with Crippen molar-refractivity contribution in [2.75, 3.05) is 33.3 Å². The first-order chi connectivity index (χ1) is 7.57. The van der Waals surface area contributed by atoms with Crippen molar-refractivity contribution in [1.82, 2.24) is 10.2 Å². The molecule has 0 bridgehead atoms. The number of nitrogens with one attached hydrogen (secondary N) is 1. The molecule has 1 aliphatic heterocycles. The topological polar surface area (TPSA) is 24.5 Å². The van der Waals surface area contributed by atoms with Crippen LogP contribution in [0.3, 0.4) is 0 Å². The van der Waals surface area contributed by atoms with Gasteiger partial charge >= 0.3 is 0 Å². The van der Waals surface area contributed by atoms with Crippen molar-refractivity contribution in [3.8, 4) is 0 Å². The van der Waals surface area contributed by atoms with Gasteiger partial charge < -0.3 is 15.0 Å². The average Bonchev–Trinajstić information content (AvgIpc) is 2.29. The van der Waals surface area contributed by atoms with Crippen LogP contribution in [-0.4, -0.2) is 49.8 Å². The van der Waals surface area contributed by atoms with E-state index >= 15 is 0 Å². The van der Waals surface area contributed by atoms with E-state index in [0.29, 0.717) is 6.04 Å². The Morgan fingerprint density at radius 3 is 2.44 bits per heavy atom. The molecule has 0 aliphatic carbocycles. The van der Waals surface area contributed by atoms with Crippen LogP contribution in [0.2, 0.25) is 0 Å². The lowest BCUT2D eigenvalue weighted by molar-refractivity contribution is 0.0189. The normalized spacial score (nSPS) is 20.2. The summed E-state index contributed by atoms with van der Waals surface area (Å²) in [4.78, 5) is 2.57. The molecule has 0 spiro atoms. The van der Waals surface area contributed by atoms with E-state index in [2.05, 4.69) is 31.0 Å². The highest BCUT2D eigenvalue weighted by atomic mass is 16.5. The van der Waals surface area contributed by atoms with Gasteiger partial charge in [-0.15, -0.1) is 0 Å². The molecule has 3 nitrogen and oxygen atoms in total. The Kier molecular flexibility index (Phi) is 5.73. The minimum atomic E-state index is -0.0411. The first-order valence-electron chi connectivity index (χ1n) is 6.58. The van der Waals surface area contributed by atoms with Crippen LogP contribution in [0.1, 0.15) is 40.0 Å². The van der Waals surface area contributed by atoms with E-state index in [4.69, 9.17) is 4.74 Å². The van der Waals surface area contributed by atoms with Crippen molar-refractivity contribution in [2.45, 2.75) is 51.7 Å². The van der Waals surface area contributed by atoms with Crippen LogP contribution in [0.25, 0.3) is 0 Å². The monoisotopic (exact) mass is 228 g/mol. The van der Waals surface area contributed by atoms with Crippen molar-refractivity contribution >= 4 is 0 Å². The predicted molar refractivity (Wildman–Crippen MR) is 68.8 cm³/mol. The molecule has 0 aromatic carbocycles. The minimum absolute atomic E-state index is 0.0411. The van der Waals surface area contributed by atoms with Crippen LogP contribution in [0, 0.1) is 0 Å². The summed E-state index contributed by atoms with van der Waals surface area (Å²) in [7, 11) is 1.78. The van der Waals surface area contributed by atoms with Gasteiger partial charge in [0.25, 0.3) is 0 Å². The van der Waals surface area contributed by atoms with Gasteiger partial charge in [0, 0.05) is 19.7 Å². The number of rotatable bonds is 6. The van der Waals surface area contributed by atoms with Gasteiger partial charge in [0.2, 0.25) is 0 Å². The fourth-order valence-corrected chi connectivity index (χ4v) is 2.14. The largest absolute Gasteiger partial charge is 0.377 e. The lowest BCUT2D eigenvalue weighted by Crippen LogP contribution is -2.47. The SMILES string of the molecule is CCCN1CCC(NCC(C)(C)OC)CC1. The number of hydrogen-bond acceptors (Lipinski definition) is 3. The molecule has 1 rings (SSSR count). The van der Waals surface area contributed by atoms with Crippen molar-refractivity contribution in [2.24, 2.45) is 0 Å². The summed E-state index contributed by atoms with van der Waals surface area (Å²) < 4.78 is 5.42. The van der Waals surface area contributed by atoms with Crippen LogP contribution < -0.4 is 5.32 Å². The Labute approximate surface area is 101 Å². The third-order valence-corrected chi connectivity index (χ3v) is 3.50. The van der Waals surface area contributed by atoms with Gasteiger partial charge in [0.1, 0.15) is 0 Å². The van der Waals surface area contributed by atoms with E-state index < -0.39 is 0 Å². The van der Waals surface area contributed by atoms with Crippen LogP contribution >= 0.6 is 0 Å². The highest BCUT2D eigenvalue weighted by Crippen LogP contribution is 2.12. The molecule has 16 heavy (non-hydrogen) atoms. The second-order valence-electron chi connectivity index (χ2n) is 5.46. The van der Waals surface area contributed by atoms with Crippen molar-refractivity contribution in [3.63, 3.8) is 0 Å². The number of ether oxygens (including phenoxy) is 1. The molecule has 0 saturated carbocycles. The van der Waals surface area contributed by atoms with E-state index in [1.807, 2.05) is 0 Å². The van der Waals surface area contributed by atoms with Gasteiger partial charge in [-0.2, -0.15) is 0 Å². The summed E-state index contributed by atoms with van der Waals surface area (Å²) in [5.41, 5.74) is -0.0411. The van der Waals surface area contributed by atoms with Crippen LogP contribution in [0.5, 0.6) is 0 Å². The molecule has 1 saturated heterocycles. The quantitative estimate of drug-likeness (QED) is 0.751. The Hall–Kier alpha value is -0.120. The van der Waals surface area contributed by atoms with Crippen LogP contribution in [0.4, 0.5) is 0 Å². The molecule has 3 heteroatoms. The van der Waals surface area contributed by atoms with E-state index in [0.717, 1.165) is 6.54 Å². The zero-order valence-corrected chi connectivity index (χ0v) is 11.4. The number of methoxy groups -OCH3 is 1. The van der Waals surface area contributed by atoms with Crippen molar-refractivity contribution < 1.29 is 4.74 Å². The maximum Gasteiger partial charge on any atom is 0.0746 e.